The molecule has 30 heavy (non-hydrogen) atoms. The minimum atomic E-state index is -0.480. The molecule has 0 aliphatic rings. The highest BCUT2D eigenvalue weighted by molar-refractivity contribution is 6.06. The molecule has 0 fully saturated rings. The minimum Gasteiger partial charge on any atom is -0.315 e. The Morgan fingerprint density at radius 1 is 0.833 bits per heavy atom. The highest BCUT2D eigenvalue weighted by Gasteiger charge is 2.22. The van der Waals surface area contributed by atoms with Gasteiger partial charge in [-0.05, 0) is 30.2 Å². The normalized spacial score (nSPS) is 11.2. The van der Waals surface area contributed by atoms with Gasteiger partial charge in [-0.25, -0.2) is 5.43 Å². The van der Waals surface area contributed by atoms with Gasteiger partial charge in [0.25, 0.3) is 5.91 Å². The van der Waals surface area contributed by atoms with Crippen molar-refractivity contribution in [1.82, 2.24) is 5.43 Å². The van der Waals surface area contributed by atoms with Crippen molar-refractivity contribution in [2.45, 2.75) is 19.3 Å². The van der Waals surface area contributed by atoms with Gasteiger partial charge in [0.05, 0.1) is 12.3 Å². The van der Waals surface area contributed by atoms with Crippen LogP contribution in [-0.2, 0) is 9.59 Å². The van der Waals surface area contributed by atoms with Gasteiger partial charge in [0.15, 0.2) is 0 Å². The molecular formula is C25H25N3O2. The Labute approximate surface area is 177 Å². The quantitative estimate of drug-likeness (QED) is 0.474. The van der Waals surface area contributed by atoms with Crippen molar-refractivity contribution in [2.24, 2.45) is 5.10 Å². The zero-order valence-corrected chi connectivity index (χ0v) is 17.2. The zero-order chi connectivity index (χ0) is 21.3. The van der Waals surface area contributed by atoms with E-state index < -0.39 is 5.92 Å². The van der Waals surface area contributed by atoms with E-state index in [1.165, 1.54) is 0 Å². The first kappa shape index (κ1) is 21.0. The molecular weight excluding hydrogens is 374 g/mol. The van der Waals surface area contributed by atoms with Gasteiger partial charge in [-0.15, -0.1) is 0 Å². The standard InChI is InChI=1S/C25H25N3O2/c1-19(18-23(29)28(2)22-16-10-5-11-17-22)26-27-25(30)24(20-12-6-3-7-13-20)21-14-8-4-9-15-21/h3-17,24H,18H2,1-2H3,(H,27,30)/b26-19-. The van der Waals surface area contributed by atoms with E-state index in [1.54, 1.807) is 18.9 Å². The number of amides is 2. The summed E-state index contributed by atoms with van der Waals surface area (Å²) >= 11 is 0. The first-order valence-corrected chi connectivity index (χ1v) is 9.81. The Hall–Kier alpha value is -3.73. The van der Waals surface area contributed by atoms with Gasteiger partial charge in [0.1, 0.15) is 0 Å². The Morgan fingerprint density at radius 3 is 1.80 bits per heavy atom. The second-order valence-corrected chi connectivity index (χ2v) is 7.04. The van der Waals surface area contributed by atoms with E-state index in [1.807, 2.05) is 91.0 Å². The monoisotopic (exact) mass is 399 g/mol. The smallest absolute Gasteiger partial charge is 0.252 e. The molecule has 3 aromatic rings. The van der Waals surface area contributed by atoms with E-state index in [0.29, 0.717) is 5.71 Å². The molecule has 0 aliphatic heterocycles. The largest absolute Gasteiger partial charge is 0.315 e. The third kappa shape index (κ3) is 5.41. The Balaban J connectivity index is 1.70. The van der Waals surface area contributed by atoms with Crippen LogP contribution < -0.4 is 10.3 Å². The second kappa shape index (κ2) is 10.2. The van der Waals surface area contributed by atoms with Crippen molar-refractivity contribution in [3.05, 3.63) is 102 Å². The van der Waals surface area contributed by atoms with Gasteiger partial charge in [-0.1, -0.05) is 78.9 Å². The maximum absolute atomic E-state index is 13.0. The summed E-state index contributed by atoms with van der Waals surface area (Å²) in [4.78, 5) is 27.1. The van der Waals surface area contributed by atoms with Crippen LogP contribution in [0.15, 0.2) is 96.1 Å². The number of hydrogen-bond donors (Lipinski definition) is 1. The van der Waals surface area contributed by atoms with Gasteiger partial charge < -0.3 is 4.90 Å². The Kier molecular flexibility index (Phi) is 7.11. The predicted octanol–water partition coefficient (Wildman–Crippen LogP) is 4.36. The van der Waals surface area contributed by atoms with Gasteiger partial charge in [0.2, 0.25) is 5.91 Å². The van der Waals surface area contributed by atoms with E-state index in [2.05, 4.69) is 10.5 Å². The van der Waals surface area contributed by atoms with E-state index >= 15 is 0 Å². The number of nitrogens with one attached hydrogen (secondary N) is 1. The molecule has 1 N–H and O–H groups in total. The van der Waals surface area contributed by atoms with Crippen LogP contribution >= 0.6 is 0 Å². The first-order chi connectivity index (χ1) is 14.6. The number of anilines is 1. The zero-order valence-electron chi connectivity index (χ0n) is 17.2. The third-order valence-corrected chi connectivity index (χ3v) is 4.81. The number of hydrazone groups is 1. The number of rotatable bonds is 7. The number of para-hydroxylation sites is 1. The molecule has 3 rings (SSSR count). The summed E-state index contributed by atoms with van der Waals surface area (Å²) in [5.74, 6) is -0.818. The van der Waals surface area contributed by atoms with Gasteiger partial charge in [0, 0.05) is 18.4 Å². The third-order valence-electron chi connectivity index (χ3n) is 4.81. The van der Waals surface area contributed by atoms with Crippen LogP contribution in [-0.4, -0.2) is 24.6 Å². The van der Waals surface area contributed by atoms with E-state index in [0.717, 1.165) is 16.8 Å². The fourth-order valence-corrected chi connectivity index (χ4v) is 3.17. The van der Waals surface area contributed by atoms with Crippen molar-refractivity contribution in [1.29, 1.82) is 0 Å². The van der Waals surface area contributed by atoms with E-state index in [9.17, 15) is 9.59 Å². The fourth-order valence-electron chi connectivity index (χ4n) is 3.17. The summed E-state index contributed by atoms with van der Waals surface area (Å²) in [6.07, 6.45) is 0.118. The molecule has 3 aromatic carbocycles. The lowest BCUT2D eigenvalue weighted by Crippen LogP contribution is -2.30. The molecule has 5 heteroatoms. The maximum atomic E-state index is 13.0. The fraction of sp³-hybridized carbons (Fsp3) is 0.160. The van der Waals surface area contributed by atoms with Crippen molar-refractivity contribution >= 4 is 23.2 Å². The number of benzene rings is 3. The van der Waals surface area contributed by atoms with Crippen LogP contribution in [0.3, 0.4) is 0 Å². The minimum absolute atomic E-state index is 0.0978. The molecule has 0 radical (unpaired) electrons. The molecule has 0 aromatic heterocycles. The highest BCUT2D eigenvalue weighted by atomic mass is 16.2. The van der Waals surface area contributed by atoms with Crippen LogP contribution in [0.1, 0.15) is 30.4 Å². The summed E-state index contributed by atoms with van der Waals surface area (Å²) in [5, 5.41) is 4.18. The molecule has 152 valence electrons. The lowest BCUT2D eigenvalue weighted by molar-refractivity contribution is -0.122. The molecule has 0 bridgehead atoms. The summed E-state index contributed by atoms with van der Waals surface area (Å²) in [6, 6.07) is 28.6. The van der Waals surface area contributed by atoms with Crippen LogP contribution in [0.2, 0.25) is 0 Å². The van der Waals surface area contributed by atoms with Crippen LogP contribution in [0.5, 0.6) is 0 Å². The molecule has 0 atom stereocenters. The lowest BCUT2D eigenvalue weighted by Gasteiger charge is -2.18. The molecule has 0 spiro atoms. The number of carbonyl (C=O) groups is 2. The van der Waals surface area contributed by atoms with Crippen LogP contribution in [0.25, 0.3) is 0 Å². The number of carbonyl (C=O) groups excluding carboxylic acids is 2. The van der Waals surface area contributed by atoms with Crippen molar-refractivity contribution in [3.8, 4) is 0 Å². The number of hydrogen-bond acceptors (Lipinski definition) is 3. The van der Waals surface area contributed by atoms with Gasteiger partial charge in [-0.2, -0.15) is 5.10 Å². The number of nitrogens with zero attached hydrogens (tertiary/aromatic N) is 2. The molecule has 0 saturated carbocycles. The van der Waals surface area contributed by atoms with Crippen molar-refractivity contribution < 1.29 is 9.59 Å². The summed E-state index contributed by atoms with van der Waals surface area (Å²) in [7, 11) is 1.73. The lowest BCUT2D eigenvalue weighted by atomic mass is 9.91. The summed E-state index contributed by atoms with van der Waals surface area (Å²) in [5.41, 5.74) is 5.76. The Morgan fingerprint density at radius 2 is 1.30 bits per heavy atom. The van der Waals surface area contributed by atoms with E-state index in [4.69, 9.17) is 0 Å². The summed E-state index contributed by atoms with van der Waals surface area (Å²) in [6.45, 7) is 1.73. The van der Waals surface area contributed by atoms with Gasteiger partial charge >= 0.3 is 0 Å². The average molecular weight is 399 g/mol. The van der Waals surface area contributed by atoms with Crippen molar-refractivity contribution in [3.63, 3.8) is 0 Å². The average Bonchev–Trinajstić information content (AvgIpc) is 2.79. The van der Waals surface area contributed by atoms with E-state index in [-0.39, 0.29) is 18.2 Å². The SMILES string of the molecule is C/C(CC(=O)N(C)c1ccccc1)=N/NC(=O)C(c1ccccc1)c1ccccc1. The topological polar surface area (TPSA) is 61.8 Å². The van der Waals surface area contributed by atoms with Gasteiger partial charge in [-0.3, -0.25) is 9.59 Å². The predicted molar refractivity (Wildman–Crippen MR) is 120 cm³/mol. The second-order valence-electron chi connectivity index (χ2n) is 7.04. The first-order valence-electron chi connectivity index (χ1n) is 9.81. The maximum Gasteiger partial charge on any atom is 0.252 e. The Bertz CT molecular complexity index is 963. The van der Waals surface area contributed by atoms with Crippen molar-refractivity contribution in [2.75, 3.05) is 11.9 Å². The van der Waals surface area contributed by atoms with Crippen LogP contribution in [0, 0.1) is 0 Å². The van der Waals surface area contributed by atoms with Crippen LogP contribution in [0.4, 0.5) is 5.69 Å². The molecule has 0 heterocycles. The molecule has 0 saturated heterocycles. The summed E-state index contributed by atoms with van der Waals surface area (Å²) < 4.78 is 0. The molecule has 0 unspecified atom stereocenters. The highest BCUT2D eigenvalue weighted by Crippen LogP contribution is 2.24. The molecule has 5 nitrogen and oxygen atoms in total. The molecule has 0 aliphatic carbocycles. The molecule has 2 amide bonds.